The molecule has 21 heavy (non-hydrogen) atoms. The van der Waals surface area contributed by atoms with Crippen LogP contribution in [0.4, 0.5) is 0 Å². The first-order chi connectivity index (χ1) is 9.66. The fraction of sp³-hybridized carbons (Fsp3) is 0.938. The molecule has 1 amide bonds. The summed E-state index contributed by atoms with van der Waals surface area (Å²) in [4.78, 5) is 11.9. The summed E-state index contributed by atoms with van der Waals surface area (Å²) in [6.07, 6.45) is 1.56. The molecule has 0 aromatic carbocycles. The van der Waals surface area contributed by atoms with Crippen LogP contribution in [0.5, 0.6) is 0 Å². The van der Waals surface area contributed by atoms with Crippen LogP contribution in [-0.4, -0.2) is 45.4 Å². The number of rotatable bonds is 11. The molecule has 0 aliphatic rings. The zero-order valence-electron chi connectivity index (χ0n) is 14.5. The summed E-state index contributed by atoms with van der Waals surface area (Å²) < 4.78 is 10.5. The van der Waals surface area contributed by atoms with Crippen molar-refractivity contribution in [2.75, 3.05) is 39.5 Å². The number of carbonyl (C=O) groups is 1. The lowest BCUT2D eigenvalue weighted by Crippen LogP contribution is -2.33. The van der Waals surface area contributed by atoms with Crippen molar-refractivity contribution in [3.63, 3.8) is 0 Å². The average molecular weight is 302 g/mol. The summed E-state index contributed by atoms with van der Waals surface area (Å²) >= 11 is 0. The SMILES string of the molecule is CC(C)(C)CC(C)(C)CC(=O)NCCOCCOCCN. The first kappa shape index (κ1) is 20.3. The third-order valence-electron chi connectivity index (χ3n) is 2.85. The van der Waals surface area contributed by atoms with Crippen LogP contribution in [0.3, 0.4) is 0 Å². The Morgan fingerprint density at radius 3 is 2.10 bits per heavy atom. The van der Waals surface area contributed by atoms with E-state index < -0.39 is 0 Å². The lowest BCUT2D eigenvalue weighted by molar-refractivity contribution is -0.123. The van der Waals surface area contributed by atoms with Crippen molar-refractivity contribution in [3.8, 4) is 0 Å². The molecule has 3 N–H and O–H groups in total. The molecule has 0 saturated carbocycles. The summed E-state index contributed by atoms with van der Waals surface area (Å²) in [5.41, 5.74) is 5.55. The average Bonchev–Trinajstić information content (AvgIpc) is 2.28. The minimum atomic E-state index is 0.0131. The zero-order valence-corrected chi connectivity index (χ0v) is 14.5. The van der Waals surface area contributed by atoms with Gasteiger partial charge < -0.3 is 20.5 Å². The Labute approximate surface area is 129 Å². The van der Waals surface area contributed by atoms with Gasteiger partial charge in [0.2, 0.25) is 5.91 Å². The van der Waals surface area contributed by atoms with E-state index in [9.17, 15) is 4.79 Å². The quantitative estimate of drug-likeness (QED) is 0.572. The van der Waals surface area contributed by atoms with Gasteiger partial charge in [-0.1, -0.05) is 34.6 Å². The summed E-state index contributed by atoms with van der Waals surface area (Å²) in [6.45, 7) is 14.1. The molecule has 0 spiro atoms. The Morgan fingerprint density at radius 1 is 1.00 bits per heavy atom. The van der Waals surface area contributed by atoms with Crippen LogP contribution in [0.25, 0.3) is 0 Å². The van der Waals surface area contributed by atoms with Gasteiger partial charge in [-0.2, -0.15) is 0 Å². The number of nitrogens with one attached hydrogen (secondary N) is 1. The molecule has 126 valence electrons. The van der Waals surface area contributed by atoms with Crippen LogP contribution >= 0.6 is 0 Å². The molecule has 0 radical (unpaired) electrons. The Morgan fingerprint density at radius 2 is 1.57 bits per heavy atom. The van der Waals surface area contributed by atoms with Gasteiger partial charge in [-0.25, -0.2) is 0 Å². The minimum absolute atomic E-state index is 0.0131. The van der Waals surface area contributed by atoms with Crippen molar-refractivity contribution in [2.45, 2.75) is 47.5 Å². The lowest BCUT2D eigenvalue weighted by Gasteiger charge is -2.31. The first-order valence-electron chi connectivity index (χ1n) is 7.78. The van der Waals surface area contributed by atoms with Gasteiger partial charge in [-0.05, 0) is 17.3 Å². The number of amides is 1. The third kappa shape index (κ3) is 14.1. The maximum absolute atomic E-state index is 11.9. The van der Waals surface area contributed by atoms with Gasteiger partial charge in [-0.15, -0.1) is 0 Å². The summed E-state index contributed by atoms with van der Waals surface area (Å²) in [5, 5.41) is 2.90. The number of carbonyl (C=O) groups excluding carboxylic acids is 1. The molecular weight excluding hydrogens is 268 g/mol. The number of nitrogens with two attached hydrogens (primary N) is 1. The van der Waals surface area contributed by atoms with Crippen LogP contribution in [0.1, 0.15) is 47.5 Å². The molecule has 0 atom stereocenters. The van der Waals surface area contributed by atoms with Crippen molar-refractivity contribution in [3.05, 3.63) is 0 Å². The predicted molar refractivity (Wildman–Crippen MR) is 86.2 cm³/mol. The molecule has 0 saturated heterocycles. The Balaban J connectivity index is 3.66. The molecule has 0 rings (SSSR count). The molecule has 0 aromatic heterocycles. The van der Waals surface area contributed by atoms with E-state index in [0.29, 0.717) is 45.9 Å². The smallest absolute Gasteiger partial charge is 0.220 e. The monoisotopic (exact) mass is 302 g/mol. The second-order valence-corrected chi connectivity index (χ2v) is 7.44. The van der Waals surface area contributed by atoms with E-state index in [0.717, 1.165) is 6.42 Å². The molecule has 0 aliphatic carbocycles. The van der Waals surface area contributed by atoms with E-state index in [-0.39, 0.29) is 16.7 Å². The molecule has 0 aliphatic heterocycles. The van der Waals surface area contributed by atoms with E-state index in [1.807, 2.05) is 0 Å². The summed E-state index contributed by atoms with van der Waals surface area (Å²) in [7, 11) is 0. The maximum Gasteiger partial charge on any atom is 0.220 e. The van der Waals surface area contributed by atoms with Gasteiger partial charge in [0.25, 0.3) is 0 Å². The zero-order chi connectivity index (χ0) is 16.4. The molecule has 0 unspecified atom stereocenters. The first-order valence-corrected chi connectivity index (χ1v) is 7.78. The van der Waals surface area contributed by atoms with Crippen molar-refractivity contribution in [2.24, 2.45) is 16.6 Å². The molecular formula is C16H34N2O3. The highest BCUT2D eigenvalue weighted by atomic mass is 16.5. The lowest BCUT2D eigenvalue weighted by atomic mass is 9.74. The molecule has 0 heterocycles. The topological polar surface area (TPSA) is 73.6 Å². The second-order valence-electron chi connectivity index (χ2n) is 7.44. The van der Waals surface area contributed by atoms with E-state index >= 15 is 0 Å². The van der Waals surface area contributed by atoms with Gasteiger partial charge >= 0.3 is 0 Å². The Hall–Kier alpha value is -0.650. The fourth-order valence-corrected chi connectivity index (χ4v) is 2.66. The Bertz CT molecular complexity index is 286. The number of hydrogen-bond acceptors (Lipinski definition) is 4. The van der Waals surface area contributed by atoms with Gasteiger partial charge in [0, 0.05) is 19.5 Å². The standard InChI is InChI=1S/C16H34N2O3/c1-15(2,3)13-16(4,5)12-14(19)18-7-9-21-11-10-20-8-6-17/h6-13,17H2,1-5H3,(H,18,19). The van der Waals surface area contributed by atoms with E-state index in [1.165, 1.54) is 0 Å². The van der Waals surface area contributed by atoms with Crippen LogP contribution < -0.4 is 11.1 Å². The number of hydrogen-bond donors (Lipinski definition) is 2. The third-order valence-corrected chi connectivity index (χ3v) is 2.85. The highest BCUT2D eigenvalue weighted by Crippen LogP contribution is 2.35. The second kappa shape index (κ2) is 10.1. The van der Waals surface area contributed by atoms with Crippen molar-refractivity contribution in [1.82, 2.24) is 5.32 Å². The molecule has 0 fully saturated rings. The van der Waals surface area contributed by atoms with E-state index in [1.54, 1.807) is 0 Å². The van der Waals surface area contributed by atoms with Gasteiger partial charge in [-0.3, -0.25) is 4.79 Å². The fourth-order valence-electron chi connectivity index (χ4n) is 2.66. The molecule has 0 aromatic rings. The normalized spacial score (nSPS) is 12.5. The minimum Gasteiger partial charge on any atom is -0.378 e. The molecule has 5 nitrogen and oxygen atoms in total. The molecule has 5 heteroatoms. The highest BCUT2D eigenvalue weighted by Gasteiger charge is 2.27. The van der Waals surface area contributed by atoms with Crippen LogP contribution in [-0.2, 0) is 14.3 Å². The number of ether oxygens (including phenoxy) is 2. The van der Waals surface area contributed by atoms with Crippen molar-refractivity contribution < 1.29 is 14.3 Å². The van der Waals surface area contributed by atoms with Gasteiger partial charge in [0.15, 0.2) is 0 Å². The van der Waals surface area contributed by atoms with Crippen LogP contribution in [0.2, 0.25) is 0 Å². The van der Waals surface area contributed by atoms with Crippen molar-refractivity contribution >= 4 is 5.91 Å². The van der Waals surface area contributed by atoms with E-state index in [4.69, 9.17) is 15.2 Å². The maximum atomic E-state index is 11.9. The highest BCUT2D eigenvalue weighted by molar-refractivity contribution is 5.76. The molecule has 0 bridgehead atoms. The predicted octanol–water partition coefficient (Wildman–Crippen LogP) is 1.95. The van der Waals surface area contributed by atoms with Crippen LogP contribution in [0, 0.1) is 10.8 Å². The van der Waals surface area contributed by atoms with Crippen LogP contribution in [0.15, 0.2) is 0 Å². The summed E-state index contributed by atoms with van der Waals surface area (Å²) in [5.74, 6) is 0.0900. The summed E-state index contributed by atoms with van der Waals surface area (Å²) in [6, 6.07) is 0. The van der Waals surface area contributed by atoms with Crippen molar-refractivity contribution in [1.29, 1.82) is 0 Å². The van der Waals surface area contributed by atoms with Gasteiger partial charge in [0.1, 0.15) is 0 Å². The largest absolute Gasteiger partial charge is 0.378 e. The Kier molecular flexibility index (Phi) is 9.83. The van der Waals surface area contributed by atoms with E-state index in [2.05, 4.69) is 39.9 Å². The van der Waals surface area contributed by atoms with Gasteiger partial charge in [0.05, 0.1) is 26.4 Å².